The van der Waals surface area contributed by atoms with Crippen LogP contribution in [0.15, 0.2) is 48.8 Å². The second-order valence-corrected chi connectivity index (χ2v) is 6.96. The van der Waals surface area contributed by atoms with Crippen molar-refractivity contribution in [3.8, 4) is 11.3 Å². The van der Waals surface area contributed by atoms with Gasteiger partial charge in [0.25, 0.3) is 5.91 Å². The minimum absolute atomic E-state index is 0.0350. The molecule has 2 aromatic heterocycles. The average Bonchev–Trinajstić information content (AvgIpc) is 3.17. The van der Waals surface area contributed by atoms with Crippen molar-refractivity contribution in [3.05, 3.63) is 54.5 Å². The fourth-order valence-electron chi connectivity index (χ4n) is 3.57. The van der Waals surface area contributed by atoms with Gasteiger partial charge >= 0.3 is 0 Å². The monoisotopic (exact) mass is 392 g/mol. The molecule has 3 heterocycles. The fraction of sp³-hybridized carbons (Fsp3) is 0.333. The minimum atomic E-state index is -0.343. The van der Waals surface area contributed by atoms with Crippen molar-refractivity contribution < 1.29 is 9.59 Å². The van der Waals surface area contributed by atoms with Gasteiger partial charge in [-0.05, 0) is 12.6 Å². The Morgan fingerprint density at radius 3 is 2.55 bits per heavy atom. The molecule has 29 heavy (non-hydrogen) atoms. The van der Waals surface area contributed by atoms with E-state index in [0.717, 1.165) is 25.2 Å². The zero-order valence-corrected chi connectivity index (χ0v) is 16.4. The number of fused-ring (bicyclic) bond motifs is 1. The second kappa shape index (κ2) is 8.40. The van der Waals surface area contributed by atoms with Gasteiger partial charge < -0.3 is 15.1 Å². The quantitative estimate of drug-likeness (QED) is 0.708. The molecule has 0 aliphatic carbocycles. The topological polar surface area (TPSA) is 82.8 Å². The molecule has 8 heteroatoms. The highest BCUT2D eigenvalue weighted by Gasteiger charge is 2.24. The molecule has 0 atom stereocenters. The van der Waals surface area contributed by atoms with Gasteiger partial charge in [0.15, 0.2) is 0 Å². The zero-order chi connectivity index (χ0) is 20.2. The summed E-state index contributed by atoms with van der Waals surface area (Å²) < 4.78 is 1.65. The molecule has 0 saturated carbocycles. The molecule has 0 bridgehead atoms. The number of amides is 2. The number of aromatic nitrogens is 3. The van der Waals surface area contributed by atoms with Gasteiger partial charge in [-0.2, -0.15) is 0 Å². The predicted molar refractivity (Wildman–Crippen MR) is 109 cm³/mol. The van der Waals surface area contributed by atoms with Crippen LogP contribution in [0.25, 0.3) is 17.0 Å². The summed E-state index contributed by atoms with van der Waals surface area (Å²) in [6, 6.07) is 11.3. The van der Waals surface area contributed by atoms with Crippen molar-refractivity contribution >= 4 is 17.6 Å². The Bertz CT molecular complexity index is 1010. The molecule has 0 spiro atoms. The van der Waals surface area contributed by atoms with Crippen LogP contribution in [0.4, 0.5) is 0 Å². The third kappa shape index (κ3) is 3.97. The molecule has 1 aliphatic rings. The Morgan fingerprint density at radius 1 is 1.07 bits per heavy atom. The Morgan fingerprint density at radius 2 is 1.83 bits per heavy atom. The summed E-state index contributed by atoms with van der Waals surface area (Å²) in [5, 5.41) is 2.78. The molecule has 4 rings (SSSR count). The lowest BCUT2D eigenvalue weighted by Gasteiger charge is -2.34. The maximum atomic E-state index is 13.0. The first-order valence-electron chi connectivity index (χ1n) is 9.84. The van der Waals surface area contributed by atoms with E-state index in [2.05, 4.69) is 27.1 Å². The number of nitrogens with zero attached hydrogens (tertiary/aromatic N) is 5. The molecular formula is C21H24N6O2. The van der Waals surface area contributed by atoms with E-state index in [9.17, 15) is 9.59 Å². The van der Waals surface area contributed by atoms with Crippen molar-refractivity contribution in [2.45, 2.75) is 6.92 Å². The van der Waals surface area contributed by atoms with Crippen LogP contribution in [0.3, 0.4) is 0 Å². The SMILES string of the molecule is CCN1CCN(C(=O)CNC(=O)c2c(-c3ccccc3)nc3ncccn23)CC1. The van der Waals surface area contributed by atoms with Gasteiger partial charge in [0.2, 0.25) is 11.7 Å². The molecule has 1 aliphatic heterocycles. The maximum absolute atomic E-state index is 13.0. The van der Waals surface area contributed by atoms with Crippen LogP contribution in [0.5, 0.6) is 0 Å². The Labute approximate surface area is 169 Å². The normalized spacial score (nSPS) is 14.9. The number of carbonyl (C=O) groups is 2. The van der Waals surface area contributed by atoms with Gasteiger partial charge in [0, 0.05) is 44.1 Å². The lowest BCUT2D eigenvalue weighted by Crippen LogP contribution is -2.51. The molecule has 3 aromatic rings. The zero-order valence-electron chi connectivity index (χ0n) is 16.4. The number of piperazine rings is 1. The van der Waals surface area contributed by atoms with Crippen molar-refractivity contribution in [2.75, 3.05) is 39.3 Å². The smallest absolute Gasteiger partial charge is 0.271 e. The third-order valence-electron chi connectivity index (χ3n) is 5.24. The van der Waals surface area contributed by atoms with Crippen LogP contribution in [0.2, 0.25) is 0 Å². The maximum Gasteiger partial charge on any atom is 0.271 e. The number of rotatable bonds is 5. The summed E-state index contributed by atoms with van der Waals surface area (Å²) in [4.78, 5) is 38.5. The van der Waals surface area contributed by atoms with E-state index in [1.54, 1.807) is 27.8 Å². The molecule has 8 nitrogen and oxygen atoms in total. The number of carbonyl (C=O) groups excluding carboxylic acids is 2. The minimum Gasteiger partial charge on any atom is -0.342 e. The molecular weight excluding hydrogens is 368 g/mol. The van der Waals surface area contributed by atoms with E-state index in [-0.39, 0.29) is 18.4 Å². The summed E-state index contributed by atoms with van der Waals surface area (Å²) in [6.07, 6.45) is 3.39. The van der Waals surface area contributed by atoms with Gasteiger partial charge in [-0.3, -0.25) is 14.0 Å². The van der Waals surface area contributed by atoms with Gasteiger partial charge in [0.1, 0.15) is 11.4 Å². The fourth-order valence-corrected chi connectivity index (χ4v) is 3.57. The molecule has 2 amide bonds. The number of imidazole rings is 1. The molecule has 1 fully saturated rings. The lowest BCUT2D eigenvalue weighted by atomic mass is 10.1. The van der Waals surface area contributed by atoms with E-state index in [1.165, 1.54) is 0 Å². The Hall–Kier alpha value is -3.26. The lowest BCUT2D eigenvalue weighted by molar-refractivity contribution is -0.131. The van der Waals surface area contributed by atoms with E-state index < -0.39 is 0 Å². The van der Waals surface area contributed by atoms with Gasteiger partial charge in [-0.25, -0.2) is 9.97 Å². The number of likely N-dealkylation sites (N-methyl/N-ethyl adjacent to an activating group) is 1. The molecule has 1 N–H and O–H groups in total. The van der Waals surface area contributed by atoms with E-state index in [1.807, 2.05) is 30.3 Å². The summed E-state index contributed by atoms with van der Waals surface area (Å²) >= 11 is 0. The van der Waals surface area contributed by atoms with Crippen LogP contribution >= 0.6 is 0 Å². The van der Waals surface area contributed by atoms with Crippen LogP contribution in [-0.4, -0.2) is 75.3 Å². The molecule has 1 aromatic carbocycles. The molecule has 0 radical (unpaired) electrons. The van der Waals surface area contributed by atoms with Crippen molar-refractivity contribution in [1.82, 2.24) is 29.5 Å². The van der Waals surface area contributed by atoms with Gasteiger partial charge in [0.05, 0.1) is 6.54 Å². The van der Waals surface area contributed by atoms with Crippen molar-refractivity contribution in [3.63, 3.8) is 0 Å². The van der Waals surface area contributed by atoms with Crippen molar-refractivity contribution in [1.29, 1.82) is 0 Å². The number of nitrogens with one attached hydrogen (secondary N) is 1. The highest BCUT2D eigenvalue weighted by atomic mass is 16.2. The molecule has 1 saturated heterocycles. The van der Waals surface area contributed by atoms with Crippen LogP contribution in [0.1, 0.15) is 17.4 Å². The molecule has 0 unspecified atom stereocenters. The first-order chi connectivity index (χ1) is 14.2. The van der Waals surface area contributed by atoms with E-state index in [0.29, 0.717) is 30.3 Å². The second-order valence-electron chi connectivity index (χ2n) is 6.96. The number of hydrogen-bond acceptors (Lipinski definition) is 5. The van der Waals surface area contributed by atoms with Gasteiger partial charge in [-0.1, -0.05) is 37.3 Å². The van der Waals surface area contributed by atoms with Gasteiger partial charge in [-0.15, -0.1) is 0 Å². The molecule has 150 valence electrons. The standard InChI is InChI=1S/C21H24N6O2/c1-2-25-11-13-26(14-12-25)17(28)15-23-20(29)19-18(16-7-4-3-5-8-16)24-21-22-9-6-10-27(19)21/h3-10H,2,11-15H2,1H3,(H,23,29). The average molecular weight is 392 g/mol. The van der Waals surface area contributed by atoms with E-state index in [4.69, 9.17) is 0 Å². The van der Waals surface area contributed by atoms with Crippen LogP contribution < -0.4 is 5.32 Å². The van der Waals surface area contributed by atoms with Crippen molar-refractivity contribution in [2.24, 2.45) is 0 Å². The Kier molecular flexibility index (Phi) is 5.53. The van der Waals surface area contributed by atoms with Crippen LogP contribution in [-0.2, 0) is 4.79 Å². The number of benzene rings is 1. The summed E-state index contributed by atoms with van der Waals surface area (Å²) in [5.41, 5.74) is 1.75. The summed E-state index contributed by atoms with van der Waals surface area (Å²) in [5.74, 6) is 0.0331. The summed E-state index contributed by atoms with van der Waals surface area (Å²) in [7, 11) is 0. The first-order valence-corrected chi connectivity index (χ1v) is 9.84. The summed E-state index contributed by atoms with van der Waals surface area (Å²) in [6.45, 7) is 6.19. The highest BCUT2D eigenvalue weighted by Crippen LogP contribution is 2.23. The first kappa shape index (κ1) is 19.1. The van der Waals surface area contributed by atoms with Crippen LogP contribution in [0, 0.1) is 0 Å². The third-order valence-corrected chi connectivity index (χ3v) is 5.24. The van der Waals surface area contributed by atoms with E-state index >= 15 is 0 Å². The highest BCUT2D eigenvalue weighted by molar-refractivity contribution is 6.01. The Balaban J connectivity index is 1.52. The largest absolute Gasteiger partial charge is 0.342 e. The predicted octanol–water partition coefficient (Wildman–Crippen LogP) is 1.29. The number of hydrogen-bond donors (Lipinski definition) is 1.